The molecule has 90 valence electrons. The average Bonchev–Trinajstić information content (AvgIpc) is 2.64. The van der Waals surface area contributed by atoms with Gasteiger partial charge in [-0.2, -0.15) is 11.3 Å². The molecule has 0 aliphatic carbocycles. The third-order valence-electron chi connectivity index (χ3n) is 2.37. The van der Waals surface area contributed by atoms with Gasteiger partial charge in [0.1, 0.15) is 6.10 Å². The lowest BCUT2D eigenvalue weighted by Gasteiger charge is -2.29. The first-order chi connectivity index (χ1) is 7.45. The maximum atomic E-state index is 12.1. The van der Waals surface area contributed by atoms with E-state index in [0.29, 0.717) is 13.0 Å². The molecule has 1 heterocycles. The van der Waals surface area contributed by atoms with Gasteiger partial charge < -0.3 is 4.74 Å². The van der Waals surface area contributed by atoms with Crippen molar-refractivity contribution < 1.29 is 9.53 Å². The number of ether oxygens (including phenoxy) is 1. The van der Waals surface area contributed by atoms with Crippen LogP contribution in [0.3, 0.4) is 0 Å². The summed E-state index contributed by atoms with van der Waals surface area (Å²) in [6.07, 6.45) is 0.170. The third kappa shape index (κ3) is 3.72. The summed E-state index contributed by atoms with van der Waals surface area (Å²) in [5.74, 6) is 0.174. The predicted molar refractivity (Wildman–Crippen MR) is 67.9 cm³/mol. The zero-order valence-electron chi connectivity index (χ0n) is 10.4. The summed E-state index contributed by atoms with van der Waals surface area (Å²) in [6, 6.07) is 1.99. The van der Waals surface area contributed by atoms with E-state index in [2.05, 4.69) is 0 Å². The number of ketones is 1. The van der Waals surface area contributed by atoms with Crippen LogP contribution >= 0.6 is 11.3 Å². The van der Waals surface area contributed by atoms with E-state index in [1.54, 1.807) is 11.3 Å². The van der Waals surface area contributed by atoms with Crippen LogP contribution in [0, 0.1) is 5.41 Å². The standard InChI is InChI=1S/C13H20O2S/c1-5-15-12(13(2,3)4)11(14)8-10-6-7-16-9-10/h6-7,9,12H,5,8H2,1-4H3. The van der Waals surface area contributed by atoms with E-state index in [0.717, 1.165) is 5.56 Å². The van der Waals surface area contributed by atoms with Gasteiger partial charge in [-0.1, -0.05) is 20.8 Å². The molecule has 3 heteroatoms. The summed E-state index contributed by atoms with van der Waals surface area (Å²) in [5, 5.41) is 4.01. The summed E-state index contributed by atoms with van der Waals surface area (Å²) >= 11 is 1.62. The fourth-order valence-corrected chi connectivity index (χ4v) is 2.35. The topological polar surface area (TPSA) is 26.3 Å². The highest BCUT2D eigenvalue weighted by atomic mass is 32.1. The van der Waals surface area contributed by atoms with Gasteiger partial charge in [-0.15, -0.1) is 0 Å². The maximum absolute atomic E-state index is 12.1. The Kier molecular flexibility index (Phi) is 4.69. The van der Waals surface area contributed by atoms with Gasteiger partial charge in [-0.3, -0.25) is 4.79 Å². The quantitative estimate of drug-likeness (QED) is 0.789. The average molecular weight is 240 g/mol. The molecule has 1 aromatic rings. The van der Waals surface area contributed by atoms with Crippen molar-refractivity contribution in [3.05, 3.63) is 22.4 Å². The number of rotatable bonds is 5. The van der Waals surface area contributed by atoms with Crippen molar-refractivity contribution in [1.29, 1.82) is 0 Å². The van der Waals surface area contributed by atoms with E-state index in [1.165, 1.54) is 0 Å². The Morgan fingerprint density at radius 1 is 1.50 bits per heavy atom. The molecule has 0 N–H and O–H groups in total. The molecule has 0 amide bonds. The number of thiophene rings is 1. The molecule has 0 fully saturated rings. The van der Waals surface area contributed by atoms with Crippen LogP contribution in [0.15, 0.2) is 16.8 Å². The number of carbonyl (C=O) groups excluding carboxylic acids is 1. The third-order valence-corrected chi connectivity index (χ3v) is 3.10. The van der Waals surface area contributed by atoms with Crippen molar-refractivity contribution in [3.63, 3.8) is 0 Å². The van der Waals surface area contributed by atoms with Crippen LogP contribution in [0.5, 0.6) is 0 Å². The van der Waals surface area contributed by atoms with Gasteiger partial charge in [0.25, 0.3) is 0 Å². The monoisotopic (exact) mass is 240 g/mol. The predicted octanol–water partition coefficient (Wildman–Crippen LogP) is 3.31. The first kappa shape index (κ1) is 13.4. The van der Waals surface area contributed by atoms with Crippen LogP contribution in [-0.4, -0.2) is 18.5 Å². The molecule has 2 nitrogen and oxygen atoms in total. The van der Waals surface area contributed by atoms with Crippen LogP contribution in [0.25, 0.3) is 0 Å². The Bertz CT molecular complexity index is 322. The van der Waals surface area contributed by atoms with Crippen LogP contribution in [-0.2, 0) is 16.0 Å². The van der Waals surface area contributed by atoms with Crippen molar-refractivity contribution in [2.75, 3.05) is 6.61 Å². The largest absolute Gasteiger partial charge is 0.370 e. The summed E-state index contributed by atoms with van der Waals surface area (Å²) in [7, 11) is 0. The molecule has 1 rings (SSSR count). The SMILES string of the molecule is CCOC(C(=O)Cc1ccsc1)C(C)(C)C. The van der Waals surface area contributed by atoms with Gasteiger partial charge in [0.2, 0.25) is 0 Å². The number of carbonyl (C=O) groups is 1. The molecule has 1 unspecified atom stereocenters. The second kappa shape index (κ2) is 5.60. The second-order valence-corrected chi connectivity index (χ2v) is 5.76. The lowest BCUT2D eigenvalue weighted by atomic mass is 9.85. The minimum atomic E-state index is -0.308. The molecule has 1 aromatic heterocycles. The highest BCUT2D eigenvalue weighted by Gasteiger charge is 2.31. The Balaban J connectivity index is 2.68. The highest BCUT2D eigenvalue weighted by molar-refractivity contribution is 7.07. The fraction of sp³-hybridized carbons (Fsp3) is 0.615. The maximum Gasteiger partial charge on any atom is 0.166 e. The lowest BCUT2D eigenvalue weighted by molar-refractivity contribution is -0.136. The van der Waals surface area contributed by atoms with Crippen molar-refractivity contribution in [2.24, 2.45) is 5.41 Å². The first-order valence-electron chi connectivity index (χ1n) is 5.60. The summed E-state index contributed by atoms with van der Waals surface area (Å²) in [4.78, 5) is 12.1. The van der Waals surface area contributed by atoms with Crippen molar-refractivity contribution in [1.82, 2.24) is 0 Å². The van der Waals surface area contributed by atoms with Crippen molar-refractivity contribution in [3.8, 4) is 0 Å². The molecule has 0 radical (unpaired) electrons. The van der Waals surface area contributed by atoms with E-state index >= 15 is 0 Å². The van der Waals surface area contributed by atoms with Crippen molar-refractivity contribution >= 4 is 17.1 Å². The lowest BCUT2D eigenvalue weighted by Crippen LogP contribution is -2.38. The Labute approximate surface area is 102 Å². The van der Waals surface area contributed by atoms with Gasteiger partial charge in [0.15, 0.2) is 5.78 Å². The van der Waals surface area contributed by atoms with E-state index in [9.17, 15) is 4.79 Å². The van der Waals surface area contributed by atoms with E-state index in [4.69, 9.17) is 4.74 Å². The molecule has 0 saturated heterocycles. The molecular formula is C13H20O2S. The van der Waals surface area contributed by atoms with E-state index in [-0.39, 0.29) is 17.3 Å². The molecule has 0 spiro atoms. The molecular weight excluding hydrogens is 220 g/mol. The van der Waals surface area contributed by atoms with E-state index < -0.39 is 0 Å². The number of hydrogen-bond acceptors (Lipinski definition) is 3. The zero-order chi connectivity index (χ0) is 12.2. The summed E-state index contributed by atoms with van der Waals surface area (Å²) in [6.45, 7) is 8.63. The highest BCUT2D eigenvalue weighted by Crippen LogP contribution is 2.24. The van der Waals surface area contributed by atoms with Crippen LogP contribution in [0.2, 0.25) is 0 Å². The van der Waals surface area contributed by atoms with Crippen LogP contribution in [0.4, 0.5) is 0 Å². The van der Waals surface area contributed by atoms with Gasteiger partial charge in [0.05, 0.1) is 0 Å². The summed E-state index contributed by atoms with van der Waals surface area (Å²) < 4.78 is 5.57. The molecule has 0 saturated carbocycles. The molecule has 1 atom stereocenters. The molecule has 16 heavy (non-hydrogen) atoms. The molecule has 0 aliphatic heterocycles. The Hall–Kier alpha value is -0.670. The minimum Gasteiger partial charge on any atom is -0.370 e. The number of Topliss-reactive ketones (excluding diaryl/α,β-unsaturated/α-hetero) is 1. The normalized spacial score (nSPS) is 13.8. The summed E-state index contributed by atoms with van der Waals surface area (Å²) in [5.41, 5.74) is 0.951. The molecule has 0 aromatic carbocycles. The smallest absolute Gasteiger partial charge is 0.166 e. The Morgan fingerprint density at radius 3 is 2.62 bits per heavy atom. The number of hydrogen-bond donors (Lipinski definition) is 0. The van der Waals surface area contributed by atoms with Gasteiger partial charge in [0, 0.05) is 13.0 Å². The van der Waals surface area contributed by atoms with Gasteiger partial charge >= 0.3 is 0 Å². The van der Waals surface area contributed by atoms with Gasteiger partial charge in [-0.25, -0.2) is 0 Å². The second-order valence-electron chi connectivity index (χ2n) is 4.98. The minimum absolute atomic E-state index is 0.136. The first-order valence-corrected chi connectivity index (χ1v) is 6.54. The molecule has 0 bridgehead atoms. The van der Waals surface area contributed by atoms with E-state index in [1.807, 2.05) is 44.5 Å². The fourth-order valence-electron chi connectivity index (χ4n) is 1.68. The zero-order valence-corrected chi connectivity index (χ0v) is 11.3. The molecule has 0 aliphatic rings. The van der Waals surface area contributed by atoms with Gasteiger partial charge in [-0.05, 0) is 34.7 Å². The van der Waals surface area contributed by atoms with Crippen LogP contribution in [0.1, 0.15) is 33.3 Å². The van der Waals surface area contributed by atoms with Crippen LogP contribution < -0.4 is 0 Å². The van der Waals surface area contributed by atoms with Crippen molar-refractivity contribution in [2.45, 2.75) is 40.2 Å². The Morgan fingerprint density at radius 2 is 2.19 bits per heavy atom.